The zero-order chi connectivity index (χ0) is 17.6. The van der Waals surface area contributed by atoms with Crippen LogP contribution >= 0.6 is 23.2 Å². The zero-order valence-electron chi connectivity index (χ0n) is 13.2. The van der Waals surface area contributed by atoms with Gasteiger partial charge in [0.15, 0.2) is 0 Å². The highest BCUT2D eigenvalue weighted by molar-refractivity contribution is 6.42. The Morgan fingerprint density at radius 2 is 1.68 bits per heavy atom. The molecule has 4 nitrogen and oxygen atoms in total. The van der Waals surface area contributed by atoms with Crippen LogP contribution in [-0.2, 0) is 6.54 Å². The van der Waals surface area contributed by atoms with Crippen molar-refractivity contribution >= 4 is 40.5 Å². The van der Waals surface area contributed by atoms with Crippen LogP contribution in [0.4, 0.5) is 11.4 Å². The van der Waals surface area contributed by atoms with Crippen LogP contribution in [0.15, 0.2) is 66.9 Å². The topological polar surface area (TPSA) is 54.0 Å². The lowest BCUT2D eigenvalue weighted by atomic mass is 10.2. The van der Waals surface area contributed by atoms with Crippen LogP contribution < -0.4 is 10.6 Å². The maximum atomic E-state index is 12.2. The molecule has 1 amide bonds. The summed E-state index contributed by atoms with van der Waals surface area (Å²) in [6.45, 7) is 0.692. The predicted molar refractivity (Wildman–Crippen MR) is 102 cm³/mol. The van der Waals surface area contributed by atoms with E-state index in [4.69, 9.17) is 23.2 Å². The van der Waals surface area contributed by atoms with Gasteiger partial charge in [0.1, 0.15) is 5.69 Å². The molecule has 1 aromatic heterocycles. The van der Waals surface area contributed by atoms with E-state index in [-0.39, 0.29) is 5.91 Å². The summed E-state index contributed by atoms with van der Waals surface area (Å²) in [7, 11) is 0. The van der Waals surface area contributed by atoms with Crippen molar-refractivity contribution in [2.24, 2.45) is 0 Å². The van der Waals surface area contributed by atoms with Gasteiger partial charge in [-0.2, -0.15) is 0 Å². The van der Waals surface area contributed by atoms with Gasteiger partial charge < -0.3 is 10.6 Å². The Kier molecular flexibility index (Phi) is 5.53. The predicted octanol–water partition coefficient (Wildman–Crippen LogP) is 5.25. The average molecular weight is 372 g/mol. The van der Waals surface area contributed by atoms with Crippen molar-refractivity contribution in [3.8, 4) is 0 Å². The van der Waals surface area contributed by atoms with E-state index in [2.05, 4.69) is 15.6 Å². The molecule has 0 aliphatic heterocycles. The van der Waals surface area contributed by atoms with Crippen LogP contribution in [-0.4, -0.2) is 10.9 Å². The molecule has 0 saturated heterocycles. The minimum absolute atomic E-state index is 0.312. The molecule has 0 fully saturated rings. The molecule has 3 aromatic rings. The highest BCUT2D eigenvalue weighted by Crippen LogP contribution is 2.25. The molecular formula is C19H15Cl2N3O. The molecule has 0 saturated carbocycles. The standard InChI is InChI=1S/C19H15Cl2N3O/c20-16-8-6-14(10-17(16)21)24-19(25)18-9-7-15(12-23-18)22-11-13-4-2-1-3-5-13/h1-10,12,22H,11H2,(H,24,25). The number of amides is 1. The summed E-state index contributed by atoms with van der Waals surface area (Å²) in [6, 6.07) is 18.4. The fourth-order valence-corrected chi connectivity index (χ4v) is 2.50. The first-order valence-electron chi connectivity index (χ1n) is 7.62. The summed E-state index contributed by atoms with van der Waals surface area (Å²) in [6.07, 6.45) is 1.63. The number of hydrogen-bond acceptors (Lipinski definition) is 3. The summed E-state index contributed by atoms with van der Waals surface area (Å²) in [4.78, 5) is 16.4. The van der Waals surface area contributed by atoms with E-state index in [1.54, 1.807) is 30.5 Å². The maximum absolute atomic E-state index is 12.2. The second-order valence-corrected chi connectivity index (χ2v) is 6.17. The van der Waals surface area contributed by atoms with E-state index in [1.165, 1.54) is 5.56 Å². The first kappa shape index (κ1) is 17.3. The number of anilines is 2. The number of rotatable bonds is 5. The van der Waals surface area contributed by atoms with Crippen molar-refractivity contribution in [2.45, 2.75) is 6.54 Å². The van der Waals surface area contributed by atoms with Crippen molar-refractivity contribution in [1.82, 2.24) is 4.98 Å². The molecule has 1 heterocycles. The average Bonchev–Trinajstić information content (AvgIpc) is 2.64. The van der Waals surface area contributed by atoms with E-state index < -0.39 is 0 Å². The second kappa shape index (κ2) is 8.01. The summed E-state index contributed by atoms with van der Waals surface area (Å²) in [5, 5.41) is 6.82. The molecule has 3 rings (SSSR count). The van der Waals surface area contributed by atoms with Gasteiger partial charge in [0.25, 0.3) is 5.91 Å². The Bertz CT molecular complexity index is 868. The zero-order valence-corrected chi connectivity index (χ0v) is 14.7. The number of pyridine rings is 1. The monoisotopic (exact) mass is 371 g/mol. The first-order valence-corrected chi connectivity index (χ1v) is 8.38. The number of benzene rings is 2. The van der Waals surface area contributed by atoms with Crippen LogP contribution in [0, 0.1) is 0 Å². The van der Waals surface area contributed by atoms with Crippen molar-refractivity contribution < 1.29 is 4.79 Å². The van der Waals surface area contributed by atoms with Gasteiger partial charge in [-0.05, 0) is 35.9 Å². The van der Waals surface area contributed by atoms with Crippen LogP contribution in [0.5, 0.6) is 0 Å². The number of halogens is 2. The third kappa shape index (κ3) is 4.72. The van der Waals surface area contributed by atoms with Crippen LogP contribution in [0.25, 0.3) is 0 Å². The Balaban J connectivity index is 1.61. The molecule has 0 aliphatic rings. The Labute approximate surface area is 155 Å². The molecule has 0 spiro atoms. The maximum Gasteiger partial charge on any atom is 0.274 e. The van der Waals surface area contributed by atoms with Gasteiger partial charge >= 0.3 is 0 Å². The summed E-state index contributed by atoms with van der Waals surface area (Å²) in [5.41, 5.74) is 2.89. The molecule has 0 unspecified atom stereocenters. The van der Waals surface area contributed by atoms with Crippen molar-refractivity contribution in [3.05, 3.63) is 88.2 Å². The van der Waals surface area contributed by atoms with Gasteiger partial charge in [-0.25, -0.2) is 4.98 Å². The minimum atomic E-state index is -0.312. The molecule has 2 aromatic carbocycles. The molecule has 25 heavy (non-hydrogen) atoms. The van der Waals surface area contributed by atoms with E-state index in [1.807, 2.05) is 36.4 Å². The normalized spacial score (nSPS) is 10.3. The van der Waals surface area contributed by atoms with Gasteiger partial charge in [0.2, 0.25) is 0 Å². The number of carbonyl (C=O) groups is 1. The number of nitrogens with zero attached hydrogens (tertiary/aromatic N) is 1. The smallest absolute Gasteiger partial charge is 0.274 e. The fraction of sp³-hybridized carbons (Fsp3) is 0.0526. The molecule has 126 valence electrons. The lowest BCUT2D eigenvalue weighted by Gasteiger charge is -2.08. The van der Waals surface area contributed by atoms with Crippen LogP contribution in [0.3, 0.4) is 0 Å². The molecular weight excluding hydrogens is 357 g/mol. The highest BCUT2D eigenvalue weighted by atomic mass is 35.5. The SMILES string of the molecule is O=C(Nc1ccc(Cl)c(Cl)c1)c1ccc(NCc2ccccc2)cn1. The van der Waals surface area contributed by atoms with Gasteiger partial charge in [-0.1, -0.05) is 53.5 Å². The number of carbonyl (C=O) groups excluding carboxylic acids is 1. The van der Waals surface area contributed by atoms with Crippen molar-refractivity contribution in [2.75, 3.05) is 10.6 Å². The van der Waals surface area contributed by atoms with E-state index >= 15 is 0 Å². The summed E-state index contributed by atoms with van der Waals surface area (Å²) < 4.78 is 0. The number of aromatic nitrogens is 1. The van der Waals surface area contributed by atoms with Crippen molar-refractivity contribution in [1.29, 1.82) is 0 Å². The fourth-order valence-electron chi connectivity index (χ4n) is 2.20. The van der Waals surface area contributed by atoms with Gasteiger partial charge in [-0.3, -0.25) is 4.79 Å². The lowest BCUT2D eigenvalue weighted by molar-refractivity contribution is 0.102. The molecule has 0 bridgehead atoms. The quantitative estimate of drug-likeness (QED) is 0.643. The Morgan fingerprint density at radius 1 is 0.920 bits per heavy atom. The summed E-state index contributed by atoms with van der Waals surface area (Å²) >= 11 is 11.8. The summed E-state index contributed by atoms with van der Waals surface area (Å²) in [5.74, 6) is -0.312. The molecule has 0 atom stereocenters. The first-order chi connectivity index (χ1) is 12.1. The van der Waals surface area contributed by atoms with E-state index in [9.17, 15) is 4.79 Å². The number of hydrogen-bond donors (Lipinski definition) is 2. The number of nitrogens with one attached hydrogen (secondary N) is 2. The molecule has 2 N–H and O–H groups in total. The molecule has 6 heteroatoms. The third-order valence-corrected chi connectivity index (χ3v) is 4.25. The Hall–Kier alpha value is -2.56. The minimum Gasteiger partial charge on any atom is -0.380 e. The molecule has 0 radical (unpaired) electrons. The largest absolute Gasteiger partial charge is 0.380 e. The highest BCUT2D eigenvalue weighted by Gasteiger charge is 2.09. The van der Waals surface area contributed by atoms with Gasteiger partial charge in [0, 0.05) is 12.2 Å². The van der Waals surface area contributed by atoms with Gasteiger partial charge in [0.05, 0.1) is 21.9 Å². The lowest BCUT2D eigenvalue weighted by Crippen LogP contribution is -2.13. The van der Waals surface area contributed by atoms with E-state index in [0.29, 0.717) is 28.0 Å². The van der Waals surface area contributed by atoms with Gasteiger partial charge in [-0.15, -0.1) is 0 Å². The second-order valence-electron chi connectivity index (χ2n) is 5.35. The van der Waals surface area contributed by atoms with Crippen LogP contribution in [0.2, 0.25) is 10.0 Å². The molecule has 0 aliphatic carbocycles. The third-order valence-electron chi connectivity index (χ3n) is 3.51. The van der Waals surface area contributed by atoms with E-state index in [0.717, 1.165) is 5.69 Å². The Morgan fingerprint density at radius 3 is 2.36 bits per heavy atom. The van der Waals surface area contributed by atoms with Crippen LogP contribution in [0.1, 0.15) is 16.1 Å². The van der Waals surface area contributed by atoms with Crippen molar-refractivity contribution in [3.63, 3.8) is 0 Å².